The van der Waals surface area contributed by atoms with Crippen LogP contribution in [0.4, 0.5) is 0 Å². The van der Waals surface area contributed by atoms with E-state index in [0.29, 0.717) is 16.9 Å². The number of rotatable bonds is 6. The maximum atomic E-state index is 12.3. The Kier molecular flexibility index (Phi) is 6.12. The summed E-state index contributed by atoms with van der Waals surface area (Å²) in [5, 5.41) is 0. The number of benzene rings is 2. The van der Waals surface area contributed by atoms with Gasteiger partial charge in [0.25, 0.3) is 0 Å². The lowest BCUT2D eigenvalue weighted by Crippen LogP contribution is -2.18. The first-order valence-corrected chi connectivity index (χ1v) is 11.4. The summed E-state index contributed by atoms with van der Waals surface area (Å²) in [7, 11) is -3.39. The molecule has 2 aromatic carbocycles. The van der Waals surface area contributed by atoms with Crippen molar-refractivity contribution in [2.75, 3.05) is 5.75 Å². The molecule has 0 unspecified atom stereocenters. The molecule has 0 fully saturated rings. The van der Waals surface area contributed by atoms with Crippen LogP contribution in [0.3, 0.4) is 0 Å². The third-order valence-electron chi connectivity index (χ3n) is 4.16. The van der Waals surface area contributed by atoms with Crippen LogP contribution in [0.5, 0.6) is 0 Å². The Balaban J connectivity index is 1.79. The van der Waals surface area contributed by atoms with Crippen molar-refractivity contribution in [2.45, 2.75) is 25.6 Å². The van der Waals surface area contributed by atoms with Crippen molar-refractivity contribution in [2.24, 2.45) is 4.99 Å². The van der Waals surface area contributed by atoms with Gasteiger partial charge in [0, 0.05) is 6.42 Å². The quantitative estimate of drug-likeness (QED) is 0.584. The van der Waals surface area contributed by atoms with Crippen LogP contribution in [0.2, 0.25) is 0 Å². The molecule has 0 saturated heterocycles. The summed E-state index contributed by atoms with van der Waals surface area (Å²) in [6.45, 7) is 2.28. The Morgan fingerprint density at radius 3 is 2.68 bits per heavy atom. The Bertz CT molecular complexity index is 1210. The molecule has 0 atom stereocenters. The van der Waals surface area contributed by atoms with E-state index in [1.54, 1.807) is 28.8 Å². The molecule has 3 aromatic rings. The zero-order chi connectivity index (χ0) is 20.1. The largest absolute Gasteiger partial charge is 0.305 e. The fourth-order valence-electron chi connectivity index (χ4n) is 2.82. The highest BCUT2D eigenvalue weighted by atomic mass is 32.2. The second kappa shape index (κ2) is 8.55. The fraction of sp³-hybridized carbons (Fsp3) is 0.238. The highest BCUT2D eigenvalue weighted by Gasteiger charge is 2.15. The summed E-state index contributed by atoms with van der Waals surface area (Å²) >= 11 is 1.37. The molecular weight excluding hydrogens is 392 g/mol. The summed E-state index contributed by atoms with van der Waals surface area (Å²) in [6.07, 6.45) is 5.30. The van der Waals surface area contributed by atoms with Gasteiger partial charge in [-0.2, -0.15) is 4.99 Å². The van der Waals surface area contributed by atoms with E-state index in [4.69, 9.17) is 6.42 Å². The molecule has 0 saturated carbocycles. The molecule has 0 N–H and O–H groups in total. The third-order valence-corrected chi connectivity index (χ3v) is 6.80. The molecule has 144 valence electrons. The van der Waals surface area contributed by atoms with Crippen LogP contribution in [-0.4, -0.2) is 24.6 Å². The first-order valence-electron chi connectivity index (χ1n) is 8.73. The minimum absolute atomic E-state index is 0.0830. The summed E-state index contributed by atoms with van der Waals surface area (Å²) < 4.78 is 27.3. The van der Waals surface area contributed by atoms with Crippen molar-refractivity contribution < 1.29 is 13.2 Å². The standard InChI is InChI=1S/C21H20N2O3S2/c1-3-12-23-18-10-9-16(2)14-19(18)27-21(23)22-20(24)11-13-28(25,26)15-17-7-5-4-6-8-17/h1,4-10,14H,11-13,15H2,2H3. The molecule has 3 rings (SSSR count). The topological polar surface area (TPSA) is 68.5 Å². The Labute approximate surface area is 168 Å². The molecule has 1 amide bonds. The van der Waals surface area contributed by atoms with Crippen molar-refractivity contribution in [3.63, 3.8) is 0 Å². The molecular formula is C21H20N2O3S2. The predicted octanol–water partition coefficient (Wildman–Crippen LogP) is 3.08. The monoisotopic (exact) mass is 412 g/mol. The number of hydrogen-bond acceptors (Lipinski definition) is 4. The number of amides is 1. The number of carbonyl (C=O) groups excluding carboxylic acids is 1. The SMILES string of the molecule is C#CCn1c(=NC(=O)CCS(=O)(=O)Cc2ccccc2)sc2cc(C)ccc21. The van der Waals surface area contributed by atoms with Crippen molar-refractivity contribution in [3.8, 4) is 12.3 Å². The molecule has 0 bridgehead atoms. The van der Waals surface area contributed by atoms with Gasteiger partial charge in [0.2, 0.25) is 5.91 Å². The van der Waals surface area contributed by atoms with Crippen molar-refractivity contribution in [1.29, 1.82) is 0 Å². The average Bonchev–Trinajstić information content (AvgIpc) is 2.97. The van der Waals surface area contributed by atoms with Crippen LogP contribution in [0.15, 0.2) is 53.5 Å². The van der Waals surface area contributed by atoms with Gasteiger partial charge in [0.15, 0.2) is 14.6 Å². The van der Waals surface area contributed by atoms with Gasteiger partial charge in [-0.15, -0.1) is 6.42 Å². The zero-order valence-corrected chi connectivity index (χ0v) is 17.1. The minimum Gasteiger partial charge on any atom is -0.305 e. The maximum Gasteiger partial charge on any atom is 0.249 e. The smallest absolute Gasteiger partial charge is 0.249 e. The number of terminal acetylenes is 1. The van der Waals surface area contributed by atoms with Gasteiger partial charge in [-0.1, -0.05) is 53.7 Å². The van der Waals surface area contributed by atoms with Gasteiger partial charge < -0.3 is 4.57 Å². The predicted molar refractivity (Wildman–Crippen MR) is 113 cm³/mol. The normalized spacial score (nSPS) is 12.2. The molecule has 1 aromatic heterocycles. The van der Waals surface area contributed by atoms with Crippen LogP contribution in [0, 0.1) is 19.3 Å². The second-order valence-corrected chi connectivity index (χ2v) is 9.67. The number of thiazole rings is 1. The van der Waals surface area contributed by atoms with Gasteiger partial charge in [0.05, 0.1) is 28.3 Å². The van der Waals surface area contributed by atoms with Gasteiger partial charge in [-0.3, -0.25) is 4.79 Å². The third kappa shape index (κ3) is 4.97. The number of sulfone groups is 1. The minimum atomic E-state index is -3.39. The van der Waals surface area contributed by atoms with Crippen molar-refractivity contribution >= 4 is 37.3 Å². The van der Waals surface area contributed by atoms with Crippen LogP contribution >= 0.6 is 11.3 Å². The molecule has 1 heterocycles. The summed E-state index contributed by atoms with van der Waals surface area (Å²) in [5.41, 5.74) is 2.72. The van der Waals surface area contributed by atoms with Crippen molar-refractivity contribution in [1.82, 2.24) is 4.57 Å². The molecule has 0 aliphatic carbocycles. The van der Waals surface area contributed by atoms with Crippen LogP contribution in [-0.2, 0) is 26.9 Å². The van der Waals surface area contributed by atoms with E-state index in [2.05, 4.69) is 10.9 Å². The van der Waals surface area contributed by atoms with E-state index in [9.17, 15) is 13.2 Å². The van der Waals surface area contributed by atoms with Gasteiger partial charge in [0.1, 0.15) is 0 Å². The lowest BCUT2D eigenvalue weighted by atomic mass is 10.2. The first-order chi connectivity index (χ1) is 13.4. The van der Waals surface area contributed by atoms with Crippen LogP contribution in [0.1, 0.15) is 17.5 Å². The molecule has 7 heteroatoms. The molecule has 28 heavy (non-hydrogen) atoms. The average molecular weight is 413 g/mol. The van der Waals surface area contributed by atoms with Gasteiger partial charge >= 0.3 is 0 Å². The summed E-state index contributed by atoms with van der Waals surface area (Å²) in [6, 6.07) is 14.9. The van der Waals surface area contributed by atoms with Crippen LogP contribution in [0.25, 0.3) is 10.2 Å². The lowest BCUT2D eigenvalue weighted by Gasteiger charge is -2.03. The van der Waals surface area contributed by atoms with E-state index < -0.39 is 15.7 Å². The number of aryl methyl sites for hydroxylation is 1. The highest BCUT2D eigenvalue weighted by Crippen LogP contribution is 2.19. The number of hydrogen-bond donors (Lipinski definition) is 0. The molecule has 0 radical (unpaired) electrons. The van der Waals surface area contributed by atoms with Gasteiger partial charge in [-0.25, -0.2) is 8.42 Å². The van der Waals surface area contributed by atoms with E-state index in [-0.39, 0.29) is 17.9 Å². The van der Waals surface area contributed by atoms with E-state index in [1.165, 1.54) is 11.3 Å². The maximum absolute atomic E-state index is 12.3. The van der Waals surface area contributed by atoms with E-state index in [0.717, 1.165) is 15.8 Å². The summed E-state index contributed by atoms with van der Waals surface area (Å²) in [4.78, 5) is 16.9. The Morgan fingerprint density at radius 1 is 1.21 bits per heavy atom. The van der Waals surface area contributed by atoms with Gasteiger partial charge in [-0.05, 0) is 30.2 Å². The molecule has 0 aliphatic rings. The molecule has 0 spiro atoms. The number of fused-ring (bicyclic) bond motifs is 1. The van der Waals surface area contributed by atoms with Crippen molar-refractivity contribution in [3.05, 3.63) is 64.5 Å². The van der Waals surface area contributed by atoms with E-state index >= 15 is 0 Å². The first kappa shape index (κ1) is 20.1. The number of carbonyl (C=O) groups is 1. The van der Waals surface area contributed by atoms with E-state index in [1.807, 2.05) is 31.2 Å². The lowest BCUT2D eigenvalue weighted by molar-refractivity contribution is -0.117. The number of aromatic nitrogens is 1. The van der Waals surface area contributed by atoms with Crippen LogP contribution < -0.4 is 4.80 Å². The second-order valence-electron chi connectivity index (χ2n) is 6.48. The fourth-order valence-corrected chi connectivity index (χ4v) is 5.29. The highest BCUT2D eigenvalue weighted by molar-refractivity contribution is 7.90. The Morgan fingerprint density at radius 2 is 1.96 bits per heavy atom. The zero-order valence-electron chi connectivity index (χ0n) is 15.5. The number of nitrogens with zero attached hydrogens (tertiary/aromatic N) is 2. The summed E-state index contributed by atoms with van der Waals surface area (Å²) in [5.74, 6) is 1.79. The Hall–Kier alpha value is -2.69. The molecule has 0 aliphatic heterocycles. The molecule has 5 nitrogen and oxygen atoms in total.